The molecular formula is C26H21FN4O2S. The standard InChI is InChI=1S/C26H21FN4O2S/c1-16-21-14-18(7-12-22(21)28-25(16)33)23(32)15-34-26-30-29-24(13-17-5-3-2-4-6-17)31(26)20-10-8-19(27)9-11-20/h2-12,14,16H,13,15H2,1H3,(H,28,33). The number of ketones is 1. The lowest BCUT2D eigenvalue weighted by atomic mass is 9.99. The number of halogens is 1. The van der Waals surface area contributed by atoms with Gasteiger partial charge in [0.2, 0.25) is 5.91 Å². The van der Waals surface area contributed by atoms with E-state index in [1.165, 1.54) is 23.9 Å². The number of carbonyl (C=O) groups is 2. The highest BCUT2D eigenvalue weighted by Gasteiger charge is 2.27. The predicted octanol–water partition coefficient (Wildman–Crippen LogP) is 5.03. The summed E-state index contributed by atoms with van der Waals surface area (Å²) in [6, 6.07) is 21.3. The minimum atomic E-state index is -0.329. The van der Waals surface area contributed by atoms with Gasteiger partial charge in [-0.25, -0.2) is 4.39 Å². The van der Waals surface area contributed by atoms with Crippen LogP contribution in [0.3, 0.4) is 0 Å². The summed E-state index contributed by atoms with van der Waals surface area (Å²) in [6.45, 7) is 1.82. The molecular weight excluding hydrogens is 451 g/mol. The number of carbonyl (C=O) groups excluding carboxylic acids is 2. The van der Waals surface area contributed by atoms with Gasteiger partial charge in [-0.1, -0.05) is 42.1 Å². The fraction of sp³-hybridized carbons (Fsp3) is 0.154. The zero-order valence-corrected chi connectivity index (χ0v) is 19.2. The van der Waals surface area contributed by atoms with Crippen LogP contribution in [0.1, 0.15) is 40.2 Å². The van der Waals surface area contributed by atoms with Crippen molar-refractivity contribution in [3.8, 4) is 5.69 Å². The van der Waals surface area contributed by atoms with Crippen LogP contribution in [-0.2, 0) is 11.2 Å². The van der Waals surface area contributed by atoms with Crippen molar-refractivity contribution in [2.45, 2.75) is 24.4 Å². The Balaban J connectivity index is 1.40. The van der Waals surface area contributed by atoms with E-state index in [1.807, 2.05) is 41.8 Å². The molecule has 0 bridgehead atoms. The number of rotatable bonds is 7. The van der Waals surface area contributed by atoms with Crippen LogP contribution >= 0.6 is 11.8 Å². The molecule has 1 aromatic heterocycles. The summed E-state index contributed by atoms with van der Waals surface area (Å²) in [7, 11) is 0. The van der Waals surface area contributed by atoms with Crippen LogP contribution < -0.4 is 5.32 Å². The Morgan fingerprint density at radius 1 is 1.06 bits per heavy atom. The average molecular weight is 473 g/mol. The highest BCUT2D eigenvalue weighted by atomic mass is 32.2. The quantitative estimate of drug-likeness (QED) is 0.302. The van der Waals surface area contributed by atoms with Gasteiger partial charge in [0.05, 0.1) is 11.7 Å². The summed E-state index contributed by atoms with van der Waals surface area (Å²) in [5.74, 6) is 0.106. The number of nitrogens with zero attached hydrogens (tertiary/aromatic N) is 3. The predicted molar refractivity (Wildman–Crippen MR) is 129 cm³/mol. The van der Waals surface area contributed by atoms with Crippen molar-refractivity contribution in [2.24, 2.45) is 0 Å². The first-order valence-corrected chi connectivity index (χ1v) is 11.8. The van der Waals surface area contributed by atoms with Gasteiger partial charge in [-0.2, -0.15) is 0 Å². The van der Waals surface area contributed by atoms with Crippen molar-refractivity contribution in [3.05, 3.63) is 101 Å². The van der Waals surface area contributed by atoms with E-state index in [4.69, 9.17) is 0 Å². The van der Waals surface area contributed by atoms with E-state index in [-0.39, 0.29) is 29.2 Å². The highest BCUT2D eigenvalue weighted by Crippen LogP contribution is 2.33. The van der Waals surface area contributed by atoms with Gasteiger partial charge in [-0.15, -0.1) is 10.2 Å². The molecule has 2 heterocycles. The number of nitrogens with one attached hydrogen (secondary N) is 1. The van der Waals surface area contributed by atoms with Crippen LogP contribution in [0.15, 0.2) is 78.0 Å². The molecule has 1 N–H and O–H groups in total. The van der Waals surface area contributed by atoms with E-state index < -0.39 is 0 Å². The number of hydrogen-bond acceptors (Lipinski definition) is 5. The van der Waals surface area contributed by atoms with E-state index in [0.29, 0.717) is 23.0 Å². The molecule has 0 spiro atoms. The largest absolute Gasteiger partial charge is 0.325 e. The van der Waals surface area contributed by atoms with Crippen molar-refractivity contribution >= 4 is 29.1 Å². The van der Waals surface area contributed by atoms with Crippen LogP contribution in [0.2, 0.25) is 0 Å². The normalized spacial score (nSPS) is 14.6. The van der Waals surface area contributed by atoms with Gasteiger partial charge in [-0.05, 0) is 60.5 Å². The lowest BCUT2D eigenvalue weighted by Crippen LogP contribution is -2.08. The van der Waals surface area contributed by atoms with Gasteiger partial charge in [0, 0.05) is 23.4 Å². The molecule has 0 radical (unpaired) electrons. The minimum absolute atomic E-state index is 0.0627. The fourth-order valence-electron chi connectivity index (χ4n) is 3.94. The summed E-state index contributed by atoms with van der Waals surface area (Å²) in [5, 5.41) is 12.1. The second-order valence-electron chi connectivity index (χ2n) is 8.10. The Labute approximate surface area is 200 Å². The second-order valence-corrected chi connectivity index (χ2v) is 9.04. The Morgan fingerprint density at radius 2 is 1.82 bits per heavy atom. The second kappa shape index (κ2) is 9.23. The lowest BCUT2D eigenvalue weighted by molar-refractivity contribution is -0.116. The lowest BCUT2D eigenvalue weighted by Gasteiger charge is -2.11. The van der Waals surface area contributed by atoms with Gasteiger partial charge in [-0.3, -0.25) is 14.2 Å². The van der Waals surface area contributed by atoms with E-state index in [2.05, 4.69) is 15.5 Å². The molecule has 4 aromatic rings. The summed E-state index contributed by atoms with van der Waals surface area (Å²) < 4.78 is 15.4. The number of amides is 1. The first kappa shape index (κ1) is 22.0. The average Bonchev–Trinajstić information content (AvgIpc) is 3.38. The van der Waals surface area contributed by atoms with Gasteiger partial charge in [0.15, 0.2) is 10.9 Å². The van der Waals surface area contributed by atoms with E-state index in [9.17, 15) is 14.0 Å². The summed E-state index contributed by atoms with van der Waals surface area (Å²) in [4.78, 5) is 24.9. The monoisotopic (exact) mass is 472 g/mol. The number of thioether (sulfide) groups is 1. The summed E-state index contributed by atoms with van der Waals surface area (Å²) in [6.07, 6.45) is 0.545. The van der Waals surface area contributed by atoms with Gasteiger partial charge in [0.1, 0.15) is 11.6 Å². The Hall–Kier alpha value is -3.78. The van der Waals surface area contributed by atoms with Crippen LogP contribution in [-0.4, -0.2) is 32.2 Å². The maximum absolute atomic E-state index is 13.5. The van der Waals surface area contributed by atoms with Gasteiger partial charge in [0.25, 0.3) is 0 Å². The molecule has 1 aliphatic heterocycles. The van der Waals surface area contributed by atoms with Crippen LogP contribution in [0.5, 0.6) is 0 Å². The maximum atomic E-state index is 13.5. The Bertz CT molecular complexity index is 1370. The highest BCUT2D eigenvalue weighted by molar-refractivity contribution is 7.99. The molecule has 0 saturated heterocycles. The van der Waals surface area contributed by atoms with Gasteiger partial charge >= 0.3 is 0 Å². The Kier molecular flexibility index (Phi) is 5.98. The molecule has 0 saturated carbocycles. The zero-order valence-electron chi connectivity index (χ0n) is 18.4. The third-order valence-corrected chi connectivity index (χ3v) is 6.74. The van der Waals surface area contributed by atoms with Crippen molar-refractivity contribution in [3.63, 3.8) is 0 Å². The van der Waals surface area contributed by atoms with E-state index >= 15 is 0 Å². The van der Waals surface area contributed by atoms with Crippen molar-refractivity contribution < 1.29 is 14.0 Å². The summed E-state index contributed by atoms with van der Waals surface area (Å²) >= 11 is 1.28. The Morgan fingerprint density at radius 3 is 2.59 bits per heavy atom. The van der Waals surface area contributed by atoms with Crippen molar-refractivity contribution in [2.75, 3.05) is 11.1 Å². The first-order valence-electron chi connectivity index (χ1n) is 10.8. The van der Waals surface area contributed by atoms with Crippen molar-refractivity contribution in [1.29, 1.82) is 0 Å². The van der Waals surface area contributed by atoms with Crippen LogP contribution in [0, 0.1) is 5.82 Å². The van der Waals surface area contributed by atoms with E-state index in [1.54, 1.807) is 30.3 Å². The molecule has 0 fully saturated rings. The van der Waals surface area contributed by atoms with E-state index in [0.717, 1.165) is 22.5 Å². The molecule has 1 aliphatic rings. The number of Topliss-reactive ketones (excluding diaryl/α,β-unsaturated/α-hetero) is 1. The third kappa shape index (κ3) is 4.36. The zero-order chi connectivity index (χ0) is 23.7. The van der Waals surface area contributed by atoms with Crippen LogP contribution in [0.4, 0.5) is 10.1 Å². The smallest absolute Gasteiger partial charge is 0.231 e. The first-order chi connectivity index (χ1) is 16.5. The maximum Gasteiger partial charge on any atom is 0.231 e. The number of hydrogen-bond donors (Lipinski definition) is 1. The van der Waals surface area contributed by atoms with Crippen molar-refractivity contribution in [1.82, 2.24) is 14.8 Å². The molecule has 1 amide bonds. The fourth-order valence-corrected chi connectivity index (χ4v) is 4.81. The number of benzene rings is 3. The molecule has 8 heteroatoms. The van der Waals surface area contributed by atoms with Crippen LogP contribution in [0.25, 0.3) is 5.69 Å². The molecule has 3 aromatic carbocycles. The minimum Gasteiger partial charge on any atom is -0.325 e. The molecule has 5 rings (SSSR count). The molecule has 1 unspecified atom stereocenters. The molecule has 170 valence electrons. The number of aromatic nitrogens is 3. The molecule has 6 nitrogen and oxygen atoms in total. The molecule has 1 atom stereocenters. The molecule has 34 heavy (non-hydrogen) atoms. The third-order valence-electron chi connectivity index (χ3n) is 5.81. The van der Waals surface area contributed by atoms with Gasteiger partial charge < -0.3 is 5.32 Å². The topological polar surface area (TPSA) is 76.9 Å². The number of anilines is 1. The molecule has 0 aliphatic carbocycles. The SMILES string of the molecule is CC1C(=O)Nc2ccc(C(=O)CSc3nnc(Cc4ccccc4)n3-c3ccc(F)cc3)cc21. The summed E-state index contributed by atoms with van der Waals surface area (Å²) in [5.41, 5.74) is 3.93. The number of fused-ring (bicyclic) bond motifs is 1.